The van der Waals surface area contributed by atoms with Crippen molar-refractivity contribution in [2.75, 3.05) is 19.5 Å². The van der Waals surface area contributed by atoms with E-state index in [0.29, 0.717) is 0 Å². The molecule has 0 saturated carbocycles. The predicted octanol–water partition coefficient (Wildman–Crippen LogP) is 3.93. The van der Waals surface area contributed by atoms with E-state index in [-0.39, 0.29) is 0 Å². The van der Waals surface area contributed by atoms with Crippen LogP contribution in [0, 0.1) is 6.26 Å². The minimum atomic E-state index is 0.987. The molecule has 0 amide bonds. The van der Waals surface area contributed by atoms with E-state index in [1.54, 1.807) is 18.9 Å². The summed E-state index contributed by atoms with van der Waals surface area (Å²) in [5.41, 5.74) is 3.44. The first-order valence-corrected chi connectivity index (χ1v) is 8.52. The van der Waals surface area contributed by atoms with E-state index in [0.717, 1.165) is 16.2 Å². The molecule has 110 valence electrons. The van der Waals surface area contributed by atoms with Gasteiger partial charge in [-0.25, -0.2) is 0 Å². The van der Waals surface area contributed by atoms with Gasteiger partial charge in [0.25, 0.3) is 0 Å². The van der Waals surface area contributed by atoms with Crippen LogP contribution in [-0.2, 0) is 22.9 Å². The molecule has 0 aliphatic carbocycles. The first-order valence-electron chi connectivity index (χ1n) is 6.43. The third kappa shape index (κ3) is 4.56. The molecule has 1 N–H and O–H groups in total. The normalized spacial score (nSPS) is 11.1. The Morgan fingerprint density at radius 3 is 2.29 bits per heavy atom. The Balaban J connectivity index is 2.17. The summed E-state index contributed by atoms with van der Waals surface area (Å²) in [5, 5.41) is 3.13. The van der Waals surface area contributed by atoms with E-state index in [2.05, 4.69) is 48.0 Å². The first kappa shape index (κ1) is 16.0. The molecule has 0 heterocycles. The summed E-state index contributed by atoms with van der Waals surface area (Å²) in [6, 6.07) is 18.6. The molecule has 0 fully saturated rings. The van der Waals surface area contributed by atoms with E-state index < -0.39 is 0 Å². The quantitative estimate of drug-likeness (QED) is 0.509. The number of methoxy groups -OCH3 is 1. The van der Waals surface area contributed by atoms with Gasteiger partial charge in [0.2, 0.25) is 0 Å². The van der Waals surface area contributed by atoms with Crippen molar-refractivity contribution in [1.82, 2.24) is 0 Å². The van der Waals surface area contributed by atoms with Gasteiger partial charge in [-0.3, -0.25) is 0 Å². The number of rotatable bonds is 6. The van der Waals surface area contributed by atoms with Crippen molar-refractivity contribution in [3.63, 3.8) is 0 Å². The molecule has 0 aliphatic heterocycles. The fraction of sp³-hybridized carbons (Fsp3) is 0.118. The number of ether oxygens (including phenoxy) is 1. The fourth-order valence-electron chi connectivity index (χ4n) is 1.73. The Hall–Kier alpha value is -1.36. The molecular formula is C17H16NOOsS-. The topological polar surface area (TPSA) is 21.3 Å². The van der Waals surface area contributed by atoms with Crippen LogP contribution in [0.15, 0.2) is 54.6 Å². The number of hydrogen-bond acceptors (Lipinski definition) is 3. The number of benzene rings is 2. The summed E-state index contributed by atoms with van der Waals surface area (Å²) in [6.45, 7) is 0. The van der Waals surface area contributed by atoms with Gasteiger partial charge in [0.1, 0.15) is 0 Å². The molecular weight excluding hydrogens is 456 g/mol. The zero-order valence-corrected chi connectivity index (χ0v) is 15.2. The second-order valence-electron chi connectivity index (χ2n) is 4.19. The van der Waals surface area contributed by atoms with Gasteiger partial charge in [-0.15, -0.1) is 0 Å². The summed E-state index contributed by atoms with van der Waals surface area (Å²) in [5.74, 6) is 0. The van der Waals surface area contributed by atoms with Gasteiger partial charge >= 0.3 is 140 Å². The van der Waals surface area contributed by atoms with Crippen LogP contribution < -0.4 is 5.32 Å². The average molecular weight is 473 g/mol. The monoisotopic (exact) mass is 474 g/mol. The van der Waals surface area contributed by atoms with Crippen LogP contribution in [-0.4, -0.2) is 17.6 Å². The van der Waals surface area contributed by atoms with Crippen LogP contribution in [0.1, 0.15) is 11.1 Å². The molecule has 0 radical (unpaired) electrons. The molecule has 0 bridgehead atoms. The van der Waals surface area contributed by atoms with Crippen LogP contribution in [0.4, 0.5) is 5.69 Å². The maximum atomic E-state index is 5.10. The van der Waals surface area contributed by atoms with Gasteiger partial charge in [-0.2, -0.15) is 0 Å². The Bertz CT molecular complexity index is 623. The second-order valence-corrected chi connectivity index (χ2v) is 7.34. The Labute approximate surface area is 140 Å². The number of nitrogens with one attached hydrogen (secondary N) is 1. The van der Waals surface area contributed by atoms with Crippen molar-refractivity contribution in [2.45, 2.75) is 0 Å². The molecule has 4 heteroatoms. The molecule has 0 atom stereocenters. The standard InChI is InChI=1S/C17H16NOS.Os/c1-18-16-10-8-14(9-11-16)13-20-17(12-19-2)15-6-4-3-5-7-15;/h3-11,18H,1-2H3;/q-1;. The number of anilines is 1. The Morgan fingerprint density at radius 1 is 1.05 bits per heavy atom. The van der Waals surface area contributed by atoms with Crippen molar-refractivity contribution in [3.05, 3.63) is 72.0 Å². The number of thioether (sulfide) groups is 1. The Morgan fingerprint density at radius 2 is 1.71 bits per heavy atom. The molecule has 0 spiro atoms. The average Bonchev–Trinajstić information content (AvgIpc) is 2.55. The van der Waals surface area contributed by atoms with Gasteiger partial charge in [0.15, 0.2) is 0 Å². The molecule has 21 heavy (non-hydrogen) atoms. The molecule has 2 aromatic carbocycles. The van der Waals surface area contributed by atoms with Crippen LogP contribution in [0.25, 0.3) is 4.91 Å². The maximum absolute atomic E-state index is 5.10. The molecule has 0 aromatic heterocycles. The van der Waals surface area contributed by atoms with Crippen LogP contribution in [0.3, 0.4) is 0 Å². The molecule has 2 aromatic rings. The summed E-state index contributed by atoms with van der Waals surface area (Å²) >= 11 is 3.56. The molecule has 0 aliphatic rings. The van der Waals surface area contributed by atoms with Crippen LogP contribution >= 0.6 is 11.8 Å². The van der Waals surface area contributed by atoms with E-state index in [1.165, 1.54) is 8.96 Å². The summed E-state index contributed by atoms with van der Waals surface area (Å²) in [4.78, 5) is 0.987. The van der Waals surface area contributed by atoms with Crippen molar-refractivity contribution in [1.29, 1.82) is 0 Å². The van der Waals surface area contributed by atoms with Gasteiger partial charge in [-0.05, 0) is 0 Å². The van der Waals surface area contributed by atoms with Gasteiger partial charge in [0.05, 0.1) is 0 Å². The van der Waals surface area contributed by atoms with Crippen LogP contribution in [0.5, 0.6) is 0 Å². The van der Waals surface area contributed by atoms with Crippen LogP contribution in [0.2, 0.25) is 0 Å². The van der Waals surface area contributed by atoms with Gasteiger partial charge < -0.3 is 0 Å². The van der Waals surface area contributed by atoms with E-state index in [9.17, 15) is 0 Å². The summed E-state index contributed by atoms with van der Waals surface area (Å²) < 4.78 is 6.34. The third-order valence-electron chi connectivity index (χ3n) is 2.81. The van der Waals surface area contributed by atoms with Crippen molar-refractivity contribution in [3.8, 4) is 0 Å². The molecule has 0 unspecified atom stereocenters. The van der Waals surface area contributed by atoms with Crippen molar-refractivity contribution >= 4 is 25.8 Å². The minimum absolute atomic E-state index is 0.987. The SMILES string of the molecule is CNc1ccc([C](=[Os])SC(=[C-]OC)c2ccccc2)cc1. The zero-order chi connectivity index (χ0) is 15.1. The van der Waals surface area contributed by atoms with E-state index in [1.807, 2.05) is 43.4 Å². The molecule has 2 nitrogen and oxygen atoms in total. The van der Waals surface area contributed by atoms with Gasteiger partial charge in [0, 0.05) is 0 Å². The second kappa shape index (κ2) is 8.17. The van der Waals surface area contributed by atoms with Crippen molar-refractivity contribution in [2.24, 2.45) is 0 Å². The van der Waals surface area contributed by atoms with Gasteiger partial charge in [-0.1, -0.05) is 0 Å². The fourth-order valence-corrected chi connectivity index (χ4v) is 3.74. The Kier molecular flexibility index (Phi) is 6.23. The van der Waals surface area contributed by atoms with E-state index in [4.69, 9.17) is 4.74 Å². The first-order chi connectivity index (χ1) is 10.2. The number of hydrogen-bond donors (Lipinski definition) is 1. The zero-order valence-electron chi connectivity index (χ0n) is 11.9. The van der Waals surface area contributed by atoms with E-state index >= 15 is 0 Å². The summed E-state index contributed by atoms with van der Waals surface area (Å²) in [6.07, 6.45) is 2.97. The molecule has 0 saturated heterocycles. The van der Waals surface area contributed by atoms with Crippen molar-refractivity contribution < 1.29 is 22.9 Å². The predicted molar refractivity (Wildman–Crippen MR) is 87.8 cm³/mol. The summed E-state index contributed by atoms with van der Waals surface area (Å²) in [7, 11) is 3.55. The third-order valence-corrected chi connectivity index (χ3v) is 5.26. The molecule has 2 rings (SSSR count).